The highest BCUT2D eigenvalue weighted by molar-refractivity contribution is 5.76. The van der Waals surface area contributed by atoms with Crippen molar-refractivity contribution in [3.05, 3.63) is 0 Å². The van der Waals surface area contributed by atoms with Crippen LogP contribution >= 0.6 is 0 Å². The van der Waals surface area contributed by atoms with Crippen molar-refractivity contribution < 1.29 is 64.6 Å². The molecule has 2 aliphatic rings. The van der Waals surface area contributed by atoms with Gasteiger partial charge in [0.25, 0.3) is 0 Å². The van der Waals surface area contributed by atoms with E-state index in [9.17, 15) is 45.6 Å². The van der Waals surface area contributed by atoms with Crippen LogP contribution < -0.4 is 5.32 Å². The highest BCUT2D eigenvalue weighted by Crippen LogP contribution is 2.30. The summed E-state index contributed by atoms with van der Waals surface area (Å²) in [6.45, 7) is 2.94. The Hall–Kier alpha value is -1.01. The lowest BCUT2D eigenvalue weighted by Gasteiger charge is -2.46. The van der Waals surface area contributed by atoms with E-state index in [1.165, 1.54) is 289 Å². The van der Waals surface area contributed by atoms with Crippen LogP contribution in [0, 0.1) is 0 Å². The van der Waals surface area contributed by atoms with Crippen LogP contribution in [-0.2, 0) is 23.7 Å². The third-order valence-corrected chi connectivity index (χ3v) is 19.1. The van der Waals surface area contributed by atoms with Gasteiger partial charge in [0.2, 0.25) is 5.91 Å². The number of hydrogen-bond acceptors (Lipinski definition) is 13. The van der Waals surface area contributed by atoms with Crippen molar-refractivity contribution in [1.82, 2.24) is 5.32 Å². The molecule has 1 amide bonds. The Morgan fingerprint density at radius 3 is 0.977 bits per heavy atom. The number of aliphatic hydroxyl groups excluding tert-OH is 8. The Morgan fingerprint density at radius 1 is 0.368 bits per heavy atom. The molecular weight excluding hydrogens is 1100 g/mol. The van der Waals surface area contributed by atoms with Gasteiger partial charge in [-0.15, -0.1) is 0 Å². The quantitative estimate of drug-likeness (QED) is 0.0259. The molecule has 0 aromatic carbocycles. The van der Waals surface area contributed by atoms with E-state index in [4.69, 9.17) is 18.9 Å². The monoisotopic (exact) mass is 1240 g/mol. The van der Waals surface area contributed by atoms with Crippen molar-refractivity contribution in [2.24, 2.45) is 0 Å². The van der Waals surface area contributed by atoms with Gasteiger partial charge in [-0.3, -0.25) is 4.79 Å². The molecule has 0 aromatic heterocycles. The maximum atomic E-state index is 13.4. The van der Waals surface area contributed by atoms with E-state index in [0.717, 1.165) is 51.4 Å². The molecule has 0 aliphatic carbocycles. The summed E-state index contributed by atoms with van der Waals surface area (Å²) in [4.78, 5) is 13.4. The van der Waals surface area contributed by atoms with Crippen molar-refractivity contribution in [1.29, 1.82) is 0 Å². The minimum absolute atomic E-state index is 0.196. The minimum atomic E-state index is -1.78. The molecule has 0 aromatic rings. The van der Waals surface area contributed by atoms with Crippen LogP contribution in [0.1, 0.15) is 367 Å². The van der Waals surface area contributed by atoms with E-state index in [0.29, 0.717) is 12.8 Å². The molecule has 518 valence electrons. The fourth-order valence-corrected chi connectivity index (χ4v) is 13.1. The summed E-state index contributed by atoms with van der Waals surface area (Å²) < 4.78 is 23.0. The fourth-order valence-electron chi connectivity index (χ4n) is 13.1. The van der Waals surface area contributed by atoms with Gasteiger partial charge in [-0.25, -0.2) is 0 Å². The Labute approximate surface area is 534 Å². The predicted molar refractivity (Wildman–Crippen MR) is 356 cm³/mol. The lowest BCUT2D eigenvalue weighted by Crippen LogP contribution is -2.65. The molecule has 87 heavy (non-hydrogen) atoms. The molecular formula is C73H143NO13. The van der Waals surface area contributed by atoms with Crippen LogP contribution in [0.2, 0.25) is 0 Å². The first-order valence-electron chi connectivity index (χ1n) is 37.8. The number of amides is 1. The fraction of sp³-hybridized carbons (Fsp3) is 0.986. The number of carbonyl (C=O) groups excluding carboxylic acids is 1. The highest BCUT2D eigenvalue weighted by atomic mass is 16.7. The van der Waals surface area contributed by atoms with E-state index in [1.54, 1.807) is 0 Å². The molecule has 0 radical (unpaired) electrons. The maximum absolute atomic E-state index is 13.4. The van der Waals surface area contributed by atoms with Crippen LogP contribution in [0.5, 0.6) is 0 Å². The first-order chi connectivity index (χ1) is 42.6. The standard InChI is InChI=1S/C73H143NO13/c1-3-5-7-9-11-13-15-17-19-21-23-25-27-28-29-30-31-32-33-34-35-37-39-41-43-45-47-49-51-53-55-57-65(78)74-61(60-84-72-70(83)68(81)71(64(59-76)86-72)87-73-69(82)67(80)66(79)63(58-75)85-73)62(77)56-54-52-50-48-46-44-42-40-38-36-26-24-22-20-18-16-14-12-10-8-6-4-2/h61-64,66-73,75-77,79-83H,3-60H2,1-2H3,(H,74,78). The SMILES string of the molecule is CCCCCCCCCCCCCCCCCCCCCCCCCCCCCCCCCC(=O)NC(COC1OC(CO)C(OC2OC(CO)C(O)C(O)C2O)C(O)C1O)C(O)CCCCCCCCCCCCCCCCCCCCCCCC. The van der Waals surface area contributed by atoms with Crippen molar-refractivity contribution in [3.63, 3.8) is 0 Å². The minimum Gasteiger partial charge on any atom is -0.394 e. The van der Waals surface area contributed by atoms with E-state index >= 15 is 0 Å². The molecule has 2 rings (SSSR count). The van der Waals surface area contributed by atoms with E-state index in [2.05, 4.69) is 19.2 Å². The number of aliphatic hydroxyl groups is 8. The molecule has 2 fully saturated rings. The van der Waals surface area contributed by atoms with Gasteiger partial charge in [-0.2, -0.15) is 0 Å². The summed E-state index contributed by atoms with van der Waals surface area (Å²) in [5.74, 6) is -0.196. The van der Waals surface area contributed by atoms with Gasteiger partial charge in [0.1, 0.15) is 48.8 Å². The molecule has 0 spiro atoms. The molecule has 2 saturated heterocycles. The number of ether oxygens (including phenoxy) is 4. The smallest absolute Gasteiger partial charge is 0.220 e. The van der Waals surface area contributed by atoms with Gasteiger partial charge in [0.15, 0.2) is 12.6 Å². The average Bonchev–Trinajstić information content (AvgIpc) is 2.33. The molecule has 0 saturated carbocycles. The Kier molecular flexibility index (Phi) is 55.5. The lowest BCUT2D eigenvalue weighted by molar-refractivity contribution is -0.359. The summed E-state index contributed by atoms with van der Waals surface area (Å²) in [7, 11) is 0. The summed E-state index contributed by atoms with van der Waals surface area (Å²) in [5, 5.41) is 87.7. The van der Waals surface area contributed by atoms with Gasteiger partial charge in [-0.1, -0.05) is 348 Å². The summed E-state index contributed by atoms with van der Waals surface area (Å²) in [6.07, 6.45) is 54.2. The second kappa shape index (κ2) is 58.8. The number of carbonyl (C=O) groups is 1. The molecule has 14 heteroatoms. The summed E-state index contributed by atoms with van der Waals surface area (Å²) in [5.41, 5.74) is 0. The molecule has 14 nitrogen and oxygen atoms in total. The summed E-state index contributed by atoms with van der Waals surface area (Å²) >= 11 is 0. The van der Waals surface area contributed by atoms with Gasteiger partial charge in [0, 0.05) is 6.42 Å². The average molecular weight is 1240 g/mol. The van der Waals surface area contributed by atoms with Crippen LogP contribution in [0.4, 0.5) is 0 Å². The van der Waals surface area contributed by atoms with Crippen molar-refractivity contribution in [2.75, 3.05) is 19.8 Å². The molecule has 2 heterocycles. The molecule has 9 N–H and O–H groups in total. The van der Waals surface area contributed by atoms with Gasteiger partial charge < -0.3 is 65.1 Å². The van der Waals surface area contributed by atoms with Crippen molar-refractivity contribution in [3.8, 4) is 0 Å². The zero-order chi connectivity index (χ0) is 63.1. The lowest BCUT2D eigenvalue weighted by atomic mass is 9.97. The Morgan fingerprint density at radius 2 is 0.655 bits per heavy atom. The van der Waals surface area contributed by atoms with Gasteiger partial charge >= 0.3 is 0 Å². The van der Waals surface area contributed by atoms with Crippen LogP contribution in [0.15, 0.2) is 0 Å². The third-order valence-electron chi connectivity index (χ3n) is 19.1. The third kappa shape index (κ3) is 42.8. The second-order valence-electron chi connectivity index (χ2n) is 27.1. The van der Waals surface area contributed by atoms with E-state index in [1.807, 2.05) is 0 Å². The number of nitrogens with one attached hydrogen (secondary N) is 1. The van der Waals surface area contributed by atoms with Crippen LogP contribution in [-0.4, -0.2) is 140 Å². The highest BCUT2D eigenvalue weighted by Gasteiger charge is 2.51. The summed E-state index contributed by atoms with van der Waals surface area (Å²) in [6, 6.07) is -0.825. The molecule has 0 bridgehead atoms. The Balaban J connectivity index is 1.62. The Bertz CT molecular complexity index is 1460. The number of unbranched alkanes of at least 4 members (excludes halogenated alkanes) is 51. The topological polar surface area (TPSA) is 228 Å². The predicted octanol–water partition coefficient (Wildman–Crippen LogP) is 16.0. The van der Waals surface area contributed by atoms with Crippen molar-refractivity contribution in [2.45, 2.75) is 441 Å². The van der Waals surface area contributed by atoms with Crippen molar-refractivity contribution >= 4 is 5.91 Å². The number of rotatable bonds is 64. The largest absolute Gasteiger partial charge is 0.394 e. The first kappa shape index (κ1) is 82.1. The van der Waals surface area contributed by atoms with Crippen LogP contribution in [0.25, 0.3) is 0 Å². The van der Waals surface area contributed by atoms with E-state index in [-0.39, 0.29) is 12.5 Å². The van der Waals surface area contributed by atoms with Crippen LogP contribution in [0.3, 0.4) is 0 Å². The number of hydrogen-bond donors (Lipinski definition) is 9. The first-order valence-corrected chi connectivity index (χ1v) is 37.8. The zero-order valence-corrected chi connectivity index (χ0v) is 56.6. The molecule has 12 unspecified atom stereocenters. The molecule has 2 aliphatic heterocycles. The molecule has 12 atom stereocenters. The van der Waals surface area contributed by atoms with Gasteiger partial charge in [-0.05, 0) is 12.8 Å². The zero-order valence-electron chi connectivity index (χ0n) is 56.6. The second-order valence-corrected chi connectivity index (χ2v) is 27.1. The maximum Gasteiger partial charge on any atom is 0.220 e. The van der Waals surface area contributed by atoms with Gasteiger partial charge in [0.05, 0.1) is 32.0 Å². The normalized spacial score (nSPS) is 23.1. The van der Waals surface area contributed by atoms with E-state index < -0.39 is 86.8 Å².